The molecule has 0 radical (unpaired) electrons. The minimum atomic E-state index is -0.446. The van der Waals surface area contributed by atoms with Crippen molar-refractivity contribution in [2.45, 2.75) is 39.3 Å². The second-order valence-electron chi connectivity index (χ2n) is 3.79. The highest BCUT2D eigenvalue weighted by molar-refractivity contribution is 5.97. The van der Waals surface area contributed by atoms with Gasteiger partial charge in [0.15, 0.2) is 0 Å². The average molecular weight is 213 g/mol. The summed E-state index contributed by atoms with van der Waals surface area (Å²) in [6.45, 7) is 5.04. The van der Waals surface area contributed by atoms with Gasteiger partial charge in [0.25, 0.3) is 0 Å². The van der Waals surface area contributed by atoms with E-state index in [9.17, 15) is 9.59 Å². The number of nitrogens with two attached hydrogens (primary N) is 1. The zero-order valence-corrected chi connectivity index (χ0v) is 9.40. The van der Waals surface area contributed by atoms with Crippen molar-refractivity contribution in [1.82, 2.24) is 9.80 Å². The van der Waals surface area contributed by atoms with Crippen LogP contribution in [0.3, 0.4) is 0 Å². The number of rotatable bonds is 4. The Bertz CT molecular complexity index is 255. The van der Waals surface area contributed by atoms with Crippen LogP contribution in [0.1, 0.15) is 33.1 Å². The van der Waals surface area contributed by atoms with Crippen molar-refractivity contribution in [3.8, 4) is 0 Å². The van der Waals surface area contributed by atoms with Gasteiger partial charge in [0.05, 0.1) is 12.6 Å². The van der Waals surface area contributed by atoms with Crippen molar-refractivity contribution in [3.05, 3.63) is 0 Å². The number of hydrogen-bond acceptors (Lipinski definition) is 3. The zero-order valence-electron chi connectivity index (χ0n) is 9.40. The smallest absolute Gasteiger partial charge is 0.311 e. The average Bonchev–Trinajstić information content (AvgIpc) is 2.19. The molecule has 1 atom stereocenters. The molecule has 1 unspecified atom stereocenters. The molecule has 1 aliphatic heterocycles. The summed E-state index contributed by atoms with van der Waals surface area (Å²) in [5.74, 6) is -0.151. The Morgan fingerprint density at radius 3 is 2.40 bits per heavy atom. The van der Waals surface area contributed by atoms with Crippen molar-refractivity contribution in [2.75, 3.05) is 13.1 Å². The van der Waals surface area contributed by atoms with Gasteiger partial charge in [0, 0.05) is 13.1 Å². The van der Waals surface area contributed by atoms with E-state index in [1.54, 1.807) is 4.90 Å². The normalized spacial score (nSPS) is 22.5. The van der Waals surface area contributed by atoms with Gasteiger partial charge in [-0.2, -0.15) is 0 Å². The first-order valence-corrected chi connectivity index (χ1v) is 5.48. The minimum Gasteiger partial charge on any atom is -0.311 e. The Kier molecular flexibility index (Phi) is 4.08. The molecular formula is C10H19N3O2. The van der Waals surface area contributed by atoms with Crippen LogP contribution >= 0.6 is 0 Å². The molecule has 0 aromatic rings. The Hall–Kier alpha value is -1.10. The van der Waals surface area contributed by atoms with Crippen molar-refractivity contribution < 1.29 is 9.59 Å². The summed E-state index contributed by atoms with van der Waals surface area (Å²) in [6.07, 6.45) is 1.43. The van der Waals surface area contributed by atoms with E-state index in [4.69, 9.17) is 5.73 Å². The number of amides is 3. The molecule has 1 aliphatic rings. The fourth-order valence-corrected chi connectivity index (χ4v) is 1.75. The fourth-order valence-electron chi connectivity index (χ4n) is 1.75. The lowest BCUT2D eigenvalue weighted by atomic mass is 10.2. The number of imide groups is 1. The third kappa shape index (κ3) is 2.47. The summed E-state index contributed by atoms with van der Waals surface area (Å²) in [5, 5.41) is 0. The van der Waals surface area contributed by atoms with E-state index >= 15 is 0 Å². The second kappa shape index (κ2) is 5.11. The van der Waals surface area contributed by atoms with Gasteiger partial charge >= 0.3 is 6.03 Å². The standard InChI is InChI=1S/C10H19N3O2/c1-3-5-12-8(11)7-9(14)13(6-4-2)10(12)15/h8H,3-7,11H2,1-2H3. The van der Waals surface area contributed by atoms with Gasteiger partial charge in [-0.25, -0.2) is 4.79 Å². The first-order valence-electron chi connectivity index (χ1n) is 5.48. The molecule has 5 nitrogen and oxygen atoms in total. The van der Waals surface area contributed by atoms with Crippen molar-refractivity contribution in [2.24, 2.45) is 5.73 Å². The van der Waals surface area contributed by atoms with E-state index in [0.29, 0.717) is 13.1 Å². The monoisotopic (exact) mass is 213 g/mol. The second-order valence-corrected chi connectivity index (χ2v) is 3.79. The van der Waals surface area contributed by atoms with Crippen LogP contribution in [-0.2, 0) is 4.79 Å². The molecule has 0 aromatic carbocycles. The van der Waals surface area contributed by atoms with Gasteiger partial charge in [-0.3, -0.25) is 9.69 Å². The Morgan fingerprint density at radius 1 is 1.27 bits per heavy atom. The topological polar surface area (TPSA) is 66.6 Å². The number of urea groups is 1. The van der Waals surface area contributed by atoms with Crippen molar-refractivity contribution in [1.29, 1.82) is 0 Å². The van der Waals surface area contributed by atoms with Crippen LogP contribution < -0.4 is 5.73 Å². The van der Waals surface area contributed by atoms with Gasteiger partial charge in [0.2, 0.25) is 5.91 Å². The molecule has 0 spiro atoms. The number of hydrogen-bond donors (Lipinski definition) is 1. The zero-order chi connectivity index (χ0) is 11.4. The van der Waals surface area contributed by atoms with Gasteiger partial charge in [0.1, 0.15) is 0 Å². The molecule has 0 bridgehead atoms. The van der Waals surface area contributed by atoms with Crippen LogP contribution in [0.15, 0.2) is 0 Å². The lowest BCUT2D eigenvalue weighted by Crippen LogP contribution is -2.60. The van der Waals surface area contributed by atoms with Crippen LogP contribution in [0, 0.1) is 0 Å². The lowest BCUT2D eigenvalue weighted by molar-refractivity contribution is -0.132. The van der Waals surface area contributed by atoms with E-state index in [-0.39, 0.29) is 18.4 Å². The maximum absolute atomic E-state index is 11.9. The molecular weight excluding hydrogens is 194 g/mol. The summed E-state index contributed by atoms with van der Waals surface area (Å²) in [4.78, 5) is 26.3. The van der Waals surface area contributed by atoms with E-state index < -0.39 is 6.17 Å². The summed E-state index contributed by atoms with van der Waals surface area (Å²) in [5.41, 5.74) is 5.76. The Labute approximate surface area is 90.2 Å². The van der Waals surface area contributed by atoms with Gasteiger partial charge in [-0.15, -0.1) is 0 Å². The highest BCUT2D eigenvalue weighted by Crippen LogP contribution is 2.14. The summed E-state index contributed by atoms with van der Waals surface area (Å²) in [6, 6.07) is -0.234. The van der Waals surface area contributed by atoms with Gasteiger partial charge in [-0.1, -0.05) is 13.8 Å². The number of carbonyl (C=O) groups excluding carboxylic acids is 2. The molecule has 1 heterocycles. The quantitative estimate of drug-likeness (QED) is 0.749. The van der Waals surface area contributed by atoms with E-state index in [2.05, 4.69) is 0 Å². The predicted molar refractivity (Wildman–Crippen MR) is 57.0 cm³/mol. The Balaban J connectivity index is 2.74. The summed E-state index contributed by atoms with van der Waals surface area (Å²) < 4.78 is 0. The van der Waals surface area contributed by atoms with Gasteiger partial charge < -0.3 is 10.6 Å². The van der Waals surface area contributed by atoms with Crippen LogP contribution in [0.4, 0.5) is 4.79 Å². The molecule has 3 amide bonds. The van der Waals surface area contributed by atoms with E-state index in [0.717, 1.165) is 12.8 Å². The fraction of sp³-hybridized carbons (Fsp3) is 0.800. The maximum Gasteiger partial charge on any atom is 0.327 e. The Morgan fingerprint density at radius 2 is 1.87 bits per heavy atom. The molecule has 1 saturated heterocycles. The number of nitrogens with zero attached hydrogens (tertiary/aromatic N) is 2. The first-order chi connectivity index (χ1) is 7.11. The largest absolute Gasteiger partial charge is 0.327 e. The lowest BCUT2D eigenvalue weighted by Gasteiger charge is -2.38. The maximum atomic E-state index is 11.9. The summed E-state index contributed by atoms with van der Waals surface area (Å²) in [7, 11) is 0. The predicted octanol–water partition coefficient (Wildman–Crippen LogP) is 0.745. The molecule has 15 heavy (non-hydrogen) atoms. The third-order valence-corrected chi connectivity index (χ3v) is 2.47. The molecule has 86 valence electrons. The molecule has 0 aliphatic carbocycles. The third-order valence-electron chi connectivity index (χ3n) is 2.47. The highest BCUT2D eigenvalue weighted by atomic mass is 16.2. The van der Waals surface area contributed by atoms with Crippen LogP contribution in [-0.4, -0.2) is 41.0 Å². The molecule has 2 N–H and O–H groups in total. The van der Waals surface area contributed by atoms with Crippen LogP contribution in [0.5, 0.6) is 0 Å². The molecule has 1 fully saturated rings. The molecule has 1 rings (SSSR count). The first kappa shape index (κ1) is 12.0. The summed E-state index contributed by atoms with van der Waals surface area (Å²) >= 11 is 0. The number of carbonyl (C=O) groups is 2. The molecule has 0 saturated carbocycles. The van der Waals surface area contributed by atoms with Crippen molar-refractivity contribution >= 4 is 11.9 Å². The molecule has 5 heteroatoms. The van der Waals surface area contributed by atoms with Crippen LogP contribution in [0.25, 0.3) is 0 Å². The van der Waals surface area contributed by atoms with Gasteiger partial charge in [-0.05, 0) is 12.8 Å². The van der Waals surface area contributed by atoms with Crippen LogP contribution in [0.2, 0.25) is 0 Å². The molecule has 0 aromatic heterocycles. The van der Waals surface area contributed by atoms with Crippen molar-refractivity contribution in [3.63, 3.8) is 0 Å². The van der Waals surface area contributed by atoms with E-state index in [1.807, 2.05) is 13.8 Å². The SMILES string of the molecule is CCCN1C(=O)CC(N)N(CCC)C1=O. The van der Waals surface area contributed by atoms with E-state index in [1.165, 1.54) is 4.90 Å². The minimum absolute atomic E-state index is 0.151. The highest BCUT2D eigenvalue weighted by Gasteiger charge is 2.35.